The summed E-state index contributed by atoms with van der Waals surface area (Å²) in [5.41, 5.74) is -0.0794. The summed E-state index contributed by atoms with van der Waals surface area (Å²) < 4.78 is 48.7. The molecule has 9 heteroatoms. The molecular weight excluding hydrogens is 415 g/mol. The van der Waals surface area contributed by atoms with E-state index in [1.54, 1.807) is 6.07 Å². The van der Waals surface area contributed by atoms with E-state index < -0.39 is 23.6 Å². The number of aromatic nitrogens is 3. The summed E-state index contributed by atoms with van der Waals surface area (Å²) in [6.45, 7) is 1.42. The highest BCUT2D eigenvalue weighted by Gasteiger charge is 2.24. The lowest BCUT2D eigenvalue weighted by molar-refractivity contribution is 0.189. The van der Waals surface area contributed by atoms with E-state index in [0.29, 0.717) is 6.07 Å². The molecule has 0 bridgehead atoms. The van der Waals surface area contributed by atoms with E-state index in [2.05, 4.69) is 26.0 Å². The van der Waals surface area contributed by atoms with Crippen LogP contribution in [0.15, 0.2) is 34.8 Å². The minimum Gasteiger partial charge on any atom is -0.491 e. The number of benzene rings is 2. The number of hydrogen-bond acceptors (Lipinski definition) is 4. The summed E-state index contributed by atoms with van der Waals surface area (Å²) in [4.78, 5) is 4.13. The fourth-order valence-electron chi connectivity index (χ4n) is 2.43. The molecule has 0 aliphatic heterocycles. The van der Waals surface area contributed by atoms with E-state index in [9.17, 15) is 18.3 Å². The van der Waals surface area contributed by atoms with Crippen molar-refractivity contribution in [2.24, 2.45) is 0 Å². The molecule has 0 aliphatic rings. The van der Waals surface area contributed by atoms with Crippen molar-refractivity contribution in [2.45, 2.75) is 13.0 Å². The van der Waals surface area contributed by atoms with Crippen molar-refractivity contribution in [3.05, 3.63) is 58.1 Å². The van der Waals surface area contributed by atoms with Crippen molar-refractivity contribution in [1.29, 1.82) is 0 Å². The topological polar surface area (TPSA) is 60.2 Å². The maximum absolute atomic E-state index is 14.6. The molecular formula is C17H13BrF3N3O2. The number of ether oxygens (including phenoxy) is 1. The van der Waals surface area contributed by atoms with Crippen molar-refractivity contribution >= 4 is 15.9 Å². The van der Waals surface area contributed by atoms with Gasteiger partial charge in [0.15, 0.2) is 23.2 Å². The van der Waals surface area contributed by atoms with Gasteiger partial charge in [-0.3, -0.25) is 0 Å². The Bertz CT molecular complexity index is 976. The lowest BCUT2D eigenvalue weighted by atomic mass is 10.2. The Morgan fingerprint density at radius 3 is 2.62 bits per heavy atom. The number of rotatable bonds is 4. The third-order valence-electron chi connectivity index (χ3n) is 3.61. The predicted molar refractivity (Wildman–Crippen MR) is 91.6 cm³/mol. The van der Waals surface area contributed by atoms with Crippen LogP contribution in [0, 0.1) is 17.5 Å². The average Bonchev–Trinajstić information content (AvgIpc) is 3.02. The maximum Gasteiger partial charge on any atom is 0.180 e. The number of halogens is 4. The molecule has 0 saturated heterocycles. The van der Waals surface area contributed by atoms with Gasteiger partial charge in [-0.2, -0.15) is 0 Å². The summed E-state index contributed by atoms with van der Waals surface area (Å²) in [5, 5.41) is 13.9. The first-order valence-corrected chi connectivity index (χ1v) is 8.25. The second-order valence-corrected chi connectivity index (χ2v) is 6.28. The van der Waals surface area contributed by atoms with Gasteiger partial charge in [0.25, 0.3) is 0 Å². The van der Waals surface area contributed by atoms with E-state index >= 15 is 0 Å². The molecule has 5 nitrogen and oxygen atoms in total. The van der Waals surface area contributed by atoms with Gasteiger partial charge < -0.3 is 9.84 Å². The Hall–Kier alpha value is -2.39. The highest BCUT2D eigenvalue weighted by Crippen LogP contribution is 2.33. The van der Waals surface area contributed by atoms with Crippen LogP contribution in [-0.4, -0.2) is 27.0 Å². The Morgan fingerprint density at radius 2 is 1.96 bits per heavy atom. The Morgan fingerprint density at radius 1 is 1.23 bits per heavy atom. The minimum atomic E-state index is -1.07. The molecule has 0 spiro atoms. The monoisotopic (exact) mass is 427 g/mol. The second kappa shape index (κ2) is 7.08. The van der Waals surface area contributed by atoms with Crippen LogP contribution in [0.3, 0.4) is 0 Å². The molecule has 2 aromatic carbocycles. The van der Waals surface area contributed by atoms with Crippen LogP contribution in [0.25, 0.3) is 17.1 Å². The lowest BCUT2D eigenvalue weighted by Gasteiger charge is -2.12. The van der Waals surface area contributed by atoms with Crippen molar-refractivity contribution in [2.75, 3.05) is 7.11 Å². The van der Waals surface area contributed by atoms with Crippen LogP contribution in [0.1, 0.15) is 18.9 Å². The normalized spacial score (nSPS) is 12.3. The van der Waals surface area contributed by atoms with Crippen molar-refractivity contribution in [3.63, 3.8) is 0 Å². The number of aliphatic hydroxyl groups is 1. The first kappa shape index (κ1) is 18.4. The fourth-order valence-corrected chi connectivity index (χ4v) is 2.80. The molecule has 0 saturated carbocycles. The summed E-state index contributed by atoms with van der Waals surface area (Å²) >= 11 is 3.08. The van der Waals surface area contributed by atoms with Gasteiger partial charge in [0, 0.05) is 12.1 Å². The van der Waals surface area contributed by atoms with Gasteiger partial charge in [0.1, 0.15) is 23.4 Å². The first-order valence-electron chi connectivity index (χ1n) is 7.46. The molecule has 0 amide bonds. The van der Waals surface area contributed by atoms with Crippen LogP contribution < -0.4 is 4.74 Å². The third-order valence-corrected chi connectivity index (χ3v) is 4.22. The van der Waals surface area contributed by atoms with Gasteiger partial charge >= 0.3 is 0 Å². The quantitative estimate of drug-likeness (QED) is 0.678. The molecule has 3 aromatic rings. The zero-order valence-electron chi connectivity index (χ0n) is 13.7. The van der Waals surface area contributed by atoms with Crippen LogP contribution in [-0.2, 0) is 0 Å². The van der Waals surface area contributed by atoms with Gasteiger partial charge in [-0.15, -0.1) is 5.10 Å². The molecule has 26 heavy (non-hydrogen) atoms. The first-order chi connectivity index (χ1) is 12.3. The van der Waals surface area contributed by atoms with Crippen molar-refractivity contribution in [3.8, 4) is 22.8 Å². The summed E-state index contributed by atoms with van der Waals surface area (Å²) in [6.07, 6.45) is -1.07. The van der Waals surface area contributed by atoms with Crippen LogP contribution in [0.4, 0.5) is 13.2 Å². The van der Waals surface area contributed by atoms with Crippen LogP contribution in [0.2, 0.25) is 0 Å². The second-order valence-electron chi connectivity index (χ2n) is 5.42. The predicted octanol–water partition coefficient (Wildman–Crippen LogP) is 4.18. The molecule has 0 radical (unpaired) electrons. The summed E-state index contributed by atoms with van der Waals surface area (Å²) in [5.74, 6) is -2.81. The standard InChI is InChI=1S/C17H13BrF3N3O2/c1-8(25)16-22-17(10-4-3-5-11(18)14(10)21)24(23-16)13-7-9(19)6-12(20)15(13)26-2/h3-8,25H,1-2H3. The Kier molecular flexibility index (Phi) is 5.01. The molecule has 0 aliphatic carbocycles. The molecule has 0 fully saturated rings. The van der Waals surface area contributed by atoms with Crippen LogP contribution in [0.5, 0.6) is 5.75 Å². The van der Waals surface area contributed by atoms with Gasteiger partial charge in [0.2, 0.25) is 0 Å². The largest absolute Gasteiger partial charge is 0.491 e. The zero-order chi connectivity index (χ0) is 19.0. The Balaban J connectivity index is 2.34. The number of aliphatic hydroxyl groups excluding tert-OH is 1. The van der Waals surface area contributed by atoms with E-state index in [4.69, 9.17) is 4.74 Å². The number of nitrogens with zero attached hydrogens (tertiary/aromatic N) is 3. The molecule has 136 valence electrons. The highest BCUT2D eigenvalue weighted by atomic mass is 79.9. The third kappa shape index (κ3) is 3.19. The SMILES string of the molecule is COc1c(F)cc(F)cc1-n1nc(C(C)O)nc1-c1cccc(Br)c1F. The van der Waals surface area contributed by atoms with Crippen molar-refractivity contribution in [1.82, 2.24) is 14.8 Å². The maximum atomic E-state index is 14.6. The molecule has 1 heterocycles. The van der Waals surface area contributed by atoms with Gasteiger partial charge in [-0.05, 0) is 35.0 Å². The molecule has 1 unspecified atom stereocenters. The molecule has 1 N–H and O–H groups in total. The van der Waals surface area contributed by atoms with Gasteiger partial charge in [-0.25, -0.2) is 22.8 Å². The van der Waals surface area contributed by atoms with Crippen LogP contribution >= 0.6 is 15.9 Å². The van der Waals surface area contributed by atoms with Gasteiger partial charge in [-0.1, -0.05) is 6.07 Å². The van der Waals surface area contributed by atoms with E-state index in [1.807, 2.05) is 0 Å². The average molecular weight is 428 g/mol. The fraction of sp³-hybridized carbons (Fsp3) is 0.176. The van der Waals surface area contributed by atoms with Crippen molar-refractivity contribution < 1.29 is 23.0 Å². The smallest absolute Gasteiger partial charge is 0.180 e. The van der Waals surface area contributed by atoms with E-state index in [1.165, 1.54) is 26.2 Å². The highest BCUT2D eigenvalue weighted by molar-refractivity contribution is 9.10. The molecule has 1 aromatic heterocycles. The van der Waals surface area contributed by atoms with E-state index in [-0.39, 0.29) is 33.1 Å². The van der Waals surface area contributed by atoms with Gasteiger partial charge in [0.05, 0.1) is 17.1 Å². The number of methoxy groups -OCH3 is 1. The molecule has 1 atom stereocenters. The lowest BCUT2D eigenvalue weighted by Crippen LogP contribution is -2.06. The molecule has 3 rings (SSSR count). The summed E-state index contributed by atoms with van der Waals surface area (Å²) in [7, 11) is 1.21. The van der Waals surface area contributed by atoms with E-state index in [0.717, 1.165) is 10.7 Å². The number of hydrogen-bond donors (Lipinski definition) is 1. The zero-order valence-corrected chi connectivity index (χ0v) is 15.3. The Labute approximate surface area is 155 Å². The summed E-state index contributed by atoms with van der Waals surface area (Å²) in [6, 6.07) is 6.16. The minimum absolute atomic E-state index is 0.0329.